The molecule has 2 aliphatic rings. The molecule has 2 unspecified atom stereocenters. The van der Waals surface area contributed by atoms with Crippen LogP contribution in [0.5, 0.6) is 0 Å². The van der Waals surface area contributed by atoms with Gasteiger partial charge in [0.25, 0.3) is 0 Å². The van der Waals surface area contributed by atoms with Gasteiger partial charge in [-0.05, 0) is 38.2 Å². The molecule has 132 valence electrons. The molecule has 0 N–H and O–H groups in total. The first-order chi connectivity index (χ1) is 11.6. The summed E-state index contributed by atoms with van der Waals surface area (Å²) in [5, 5.41) is 0. The lowest BCUT2D eigenvalue weighted by Gasteiger charge is -2.41. The number of pyridine rings is 1. The van der Waals surface area contributed by atoms with E-state index in [9.17, 15) is 9.18 Å². The maximum absolute atomic E-state index is 13.9. The average molecular weight is 335 g/mol. The fraction of sp³-hybridized carbons (Fsp3) is 0.667. The van der Waals surface area contributed by atoms with Crippen molar-refractivity contribution < 1.29 is 13.9 Å². The normalized spacial score (nSPS) is 24.9. The minimum absolute atomic E-state index is 0.0950. The van der Waals surface area contributed by atoms with Crippen LogP contribution < -0.4 is 4.90 Å². The minimum Gasteiger partial charge on any atom is -0.381 e. The summed E-state index contributed by atoms with van der Waals surface area (Å²) >= 11 is 0. The number of rotatable bonds is 4. The Balaban J connectivity index is 1.51. The molecule has 2 atom stereocenters. The van der Waals surface area contributed by atoms with Gasteiger partial charge in [-0.1, -0.05) is 0 Å². The van der Waals surface area contributed by atoms with Crippen molar-refractivity contribution in [1.29, 1.82) is 0 Å². The van der Waals surface area contributed by atoms with Crippen molar-refractivity contribution in [2.45, 2.75) is 38.6 Å². The third kappa shape index (κ3) is 4.04. The van der Waals surface area contributed by atoms with Gasteiger partial charge in [0.1, 0.15) is 0 Å². The van der Waals surface area contributed by atoms with Crippen LogP contribution in [0, 0.1) is 11.7 Å². The molecule has 3 rings (SSSR count). The number of anilines is 1. The lowest BCUT2D eigenvalue weighted by atomic mass is 9.96. The molecule has 0 aliphatic carbocycles. The van der Waals surface area contributed by atoms with E-state index in [-0.39, 0.29) is 17.8 Å². The molecule has 6 heteroatoms. The van der Waals surface area contributed by atoms with Gasteiger partial charge in [0.05, 0.1) is 11.9 Å². The molecule has 2 aliphatic heterocycles. The van der Waals surface area contributed by atoms with Gasteiger partial charge in [-0.25, -0.2) is 4.39 Å². The minimum atomic E-state index is -0.304. The molecule has 0 radical (unpaired) electrons. The first kappa shape index (κ1) is 17.1. The Morgan fingerprint density at radius 2 is 2.33 bits per heavy atom. The summed E-state index contributed by atoms with van der Waals surface area (Å²) in [7, 11) is 0. The van der Waals surface area contributed by atoms with Crippen LogP contribution in [0.2, 0.25) is 0 Å². The molecule has 1 aromatic rings. The quantitative estimate of drug-likeness (QED) is 0.848. The van der Waals surface area contributed by atoms with Crippen LogP contribution in [0.25, 0.3) is 0 Å². The molecule has 0 spiro atoms. The number of carbonyl (C=O) groups is 1. The van der Waals surface area contributed by atoms with Gasteiger partial charge in [0, 0.05) is 51.5 Å². The maximum atomic E-state index is 13.9. The third-order valence-electron chi connectivity index (χ3n) is 5.06. The second-order valence-electron chi connectivity index (χ2n) is 6.83. The van der Waals surface area contributed by atoms with Gasteiger partial charge in [-0.15, -0.1) is 0 Å². The predicted octanol–water partition coefficient (Wildman–Crippen LogP) is 2.46. The SMILES string of the molecule is CC1CN(C(=O)CCC2CCCOC2)CCN1c1ccncc1F. The Kier molecular flexibility index (Phi) is 5.66. The highest BCUT2D eigenvalue weighted by molar-refractivity contribution is 5.76. The lowest BCUT2D eigenvalue weighted by molar-refractivity contribution is -0.132. The third-order valence-corrected chi connectivity index (χ3v) is 5.06. The number of amides is 1. The van der Waals surface area contributed by atoms with Crippen LogP contribution in [0.1, 0.15) is 32.6 Å². The number of nitrogens with zero attached hydrogens (tertiary/aromatic N) is 3. The summed E-state index contributed by atoms with van der Waals surface area (Å²) in [6, 6.07) is 1.80. The first-order valence-electron chi connectivity index (χ1n) is 8.87. The van der Waals surface area contributed by atoms with Crippen LogP contribution in [0.4, 0.5) is 10.1 Å². The van der Waals surface area contributed by atoms with Gasteiger partial charge < -0.3 is 14.5 Å². The van der Waals surface area contributed by atoms with Crippen molar-refractivity contribution in [2.24, 2.45) is 5.92 Å². The van der Waals surface area contributed by atoms with E-state index in [1.54, 1.807) is 12.3 Å². The molecule has 24 heavy (non-hydrogen) atoms. The number of carbonyl (C=O) groups excluding carboxylic acids is 1. The van der Waals surface area contributed by atoms with Crippen molar-refractivity contribution in [2.75, 3.05) is 37.7 Å². The molecule has 0 aromatic carbocycles. The Labute approximate surface area is 142 Å². The molecule has 0 saturated carbocycles. The standard InChI is InChI=1S/C18H26FN3O2/c1-14-12-21(18(23)5-4-15-3-2-10-24-13-15)8-9-22(14)17-6-7-20-11-16(17)19/h6-7,11,14-15H,2-5,8-10,12-13H2,1H3. The van der Waals surface area contributed by atoms with Crippen molar-refractivity contribution in [3.63, 3.8) is 0 Å². The second-order valence-corrected chi connectivity index (χ2v) is 6.83. The van der Waals surface area contributed by atoms with Crippen molar-refractivity contribution >= 4 is 11.6 Å². The van der Waals surface area contributed by atoms with E-state index in [1.165, 1.54) is 12.6 Å². The van der Waals surface area contributed by atoms with Crippen LogP contribution >= 0.6 is 0 Å². The molecule has 2 saturated heterocycles. The van der Waals surface area contributed by atoms with E-state index in [0.29, 0.717) is 37.7 Å². The Bertz CT molecular complexity index is 563. The molecular formula is C18H26FN3O2. The Morgan fingerprint density at radius 1 is 1.46 bits per heavy atom. The van der Waals surface area contributed by atoms with Crippen LogP contribution in [0.3, 0.4) is 0 Å². The predicted molar refractivity (Wildman–Crippen MR) is 90.4 cm³/mol. The van der Waals surface area contributed by atoms with Crippen LogP contribution in [-0.4, -0.2) is 54.7 Å². The molecule has 1 amide bonds. The Morgan fingerprint density at radius 3 is 3.04 bits per heavy atom. The highest BCUT2D eigenvalue weighted by Gasteiger charge is 2.28. The van der Waals surface area contributed by atoms with Gasteiger partial charge in [0.2, 0.25) is 5.91 Å². The summed E-state index contributed by atoms with van der Waals surface area (Å²) in [6.45, 7) is 5.62. The van der Waals surface area contributed by atoms with E-state index in [2.05, 4.69) is 4.98 Å². The zero-order chi connectivity index (χ0) is 16.9. The summed E-state index contributed by atoms with van der Waals surface area (Å²) in [5.74, 6) is 0.427. The number of aromatic nitrogens is 1. The number of hydrogen-bond donors (Lipinski definition) is 0. The summed E-state index contributed by atoms with van der Waals surface area (Å²) in [6.07, 6.45) is 6.61. The number of halogens is 1. The highest BCUT2D eigenvalue weighted by Crippen LogP contribution is 2.24. The number of ether oxygens (including phenoxy) is 1. The van der Waals surface area contributed by atoms with E-state index in [4.69, 9.17) is 4.74 Å². The largest absolute Gasteiger partial charge is 0.381 e. The number of piperazine rings is 1. The van der Waals surface area contributed by atoms with E-state index in [1.807, 2.05) is 16.7 Å². The first-order valence-corrected chi connectivity index (χ1v) is 8.87. The molecular weight excluding hydrogens is 309 g/mol. The van der Waals surface area contributed by atoms with E-state index >= 15 is 0 Å². The van der Waals surface area contributed by atoms with Crippen molar-refractivity contribution in [1.82, 2.24) is 9.88 Å². The monoisotopic (exact) mass is 335 g/mol. The van der Waals surface area contributed by atoms with Gasteiger partial charge in [-0.2, -0.15) is 0 Å². The zero-order valence-corrected chi connectivity index (χ0v) is 14.3. The topological polar surface area (TPSA) is 45.7 Å². The van der Waals surface area contributed by atoms with E-state index < -0.39 is 0 Å². The van der Waals surface area contributed by atoms with Crippen LogP contribution in [-0.2, 0) is 9.53 Å². The average Bonchev–Trinajstić information content (AvgIpc) is 2.61. The summed E-state index contributed by atoms with van der Waals surface area (Å²) < 4.78 is 19.4. The summed E-state index contributed by atoms with van der Waals surface area (Å²) in [4.78, 5) is 20.2. The highest BCUT2D eigenvalue weighted by atomic mass is 19.1. The molecule has 1 aromatic heterocycles. The van der Waals surface area contributed by atoms with E-state index in [0.717, 1.165) is 26.1 Å². The molecule has 5 nitrogen and oxygen atoms in total. The van der Waals surface area contributed by atoms with Crippen molar-refractivity contribution in [3.05, 3.63) is 24.3 Å². The molecule has 3 heterocycles. The smallest absolute Gasteiger partial charge is 0.222 e. The van der Waals surface area contributed by atoms with Gasteiger partial charge >= 0.3 is 0 Å². The lowest BCUT2D eigenvalue weighted by Crippen LogP contribution is -2.54. The van der Waals surface area contributed by atoms with Crippen molar-refractivity contribution in [3.8, 4) is 0 Å². The Hall–Kier alpha value is -1.69. The van der Waals surface area contributed by atoms with Gasteiger partial charge in [0.15, 0.2) is 5.82 Å². The second kappa shape index (κ2) is 7.92. The molecule has 0 bridgehead atoms. The fourth-order valence-electron chi connectivity index (χ4n) is 3.66. The molecule has 2 fully saturated rings. The maximum Gasteiger partial charge on any atom is 0.222 e. The van der Waals surface area contributed by atoms with Gasteiger partial charge in [-0.3, -0.25) is 9.78 Å². The summed E-state index contributed by atoms with van der Waals surface area (Å²) in [5.41, 5.74) is 0.573. The van der Waals surface area contributed by atoms with Crippen LogP contribution in [0.15, 0.2) is 18.5 Å². The fourth-order valence-corrected chi connectivity index (χ4v) is 3.66. The number of hydrogen-bond acceptors (Lipinski definition) is 4. The zero-order valence-electron chi connectivity index (χ0n) is 14.3.